The molecule has 1 aliphatic carbocycles. The van der Waals surface area contributed by atoms with Gasteiger partial charge in [0.15, 0.2) is 6.29 Å². The average Bonchev–Trinajstić information content (AvgIpc) is 2.38. The Kier molecular flexibility index (Phi) is 6.21. The molecule has 0 aliphatic heterocycles. The Labute approximate surface area is 122 Å². The number of carbonyl (C=O) groups is 1. The van der Waals surface area contributed by atoms with Gasteiger partial charge >= 0.3 is 5.97 Å². The molecule has 2 atom stereocenters. The predicted octanol–water partition coefficient (Wildman–Crippen LogP) is 3.17. The highest BCUT2D eigenvalue weighted by Gasteiger charge is 2.49. The molecule has 0 aromatic carbocycles. The van der Waals surface area contributed by atoms with Crippen molar-refractivity contribution in [1.29, 1.82) is 0 Å². The number of hydrogen-bond acceptors (Lipinski definition) is 4. The van der Waals surface area contributed by atoms with E-state index in [0.29, 0.717) is 18.4 Å². The van der Waals surface area contributed by atoms with Gasteiger partial charge in [-0.15, -0.1) is 0 Å². The van der Waals surface area contributed by atoms with E-state index in [0.717, 1.165) is 18.4 Å². The lowest BCUT2D eigenvalue weighted by Gasteiger charge is -2.53. The van der Waals surface area contributed by atoms with Crippen LogP contribution in [0.2, 0.25) is 0 Å². The van der Waals surface area contributed by atoms with Gasteiger partial charge in [0, 0.05) is 26.7 Å². The van der Waals surface area contributed by atoms with Crippen LogP contribution in [-0.4, -0.2) is 33.1 Å². The molecule has 0 bridgehead atoms. The molecule has 0 N–H and O–H groups in total. The van der Waals surface area contributed by atoms with Crippen molar-refractivity contribution >= 4 is 5.97 Å². The van der Waals surface area contributed by atoms with Crippen LogP contribution in [0.25, 0.3) is 0 Å². The minimum absolute atomic E-state index is 0.144. The third-order valence-electron chi connectivity index (χ3n) is 4.66. The molecule has 0 aromatic heterocycles. The smallest absolute Gasteiger partial charge is 0.330 e. The Hall–Kier alpha value is -0.870. The maximum atomic E-state index is 11.5. The number of esters is 1. The van der Waals surface area contributed by atoms with Crippen molar-refractivity contribution in [2.75, 3.05) is 20.8 Å². The quantitative estimate of drug-likeness (QED) is 0.409. The van der Waals surface area contributed by atoms with Crippen LogP contribution in [0.3, 0.4) is 0 Å². The van der Waals surface area contributed by atoms with E-state index >= 15 is 0 Å². The van der Waals surface area contributed by atoms with Gasteiger partial charge in [-0.05, 0) is 37.5 Å². The van der Waals surface area contributed by atoms with Gasteiger partial charge in [0.2, 0.25) is 0 Å². The fourth-order valence-electron chi connectivity index (χ4n) is 3.18. The second-order valence-corrected chi connectivity index (χ2v) is 6.08. The molecular weight excluding hydrogens is 256 g/mol. The summed E-state index contributed by atoms with van der Waals surface area (Å²) in [7, 11) is 3.34. The summed E-state index contributed by atoms with van der Waals surface area (Å²) in [5.74, 6) is 0.727. The van der Waals surface area contributed by atoms with E-state index < -0.39 is 0 Å². The van der Waals surface area contributed by atoms with Gasteiger partial charge in [-0.1, -0.05) is 19.4 Å². The van der Waals surface area contributed by atoms with Crippen LogP contribution in [0, 0.1) is 17.3 Å². The molecule has 1 saturated carbocycles. The van der Waals surface area contributed by atoms with Crippen LogP contribution in [0.4, 0.5) is 0 Å². The minimum atomic E-state index is -0.240. The monoisotopic (exact) mass is 284 g/mol. The molecule has 0 amide bonds. The summed E-state index contributed by atoms with van der Waals surface area (Å²) in [5, 5.41) is 0. The summed E-state index contributed by atoms with van der Waals surface area (Å²) in [6.07, 6.45) is 3.45. The highest BCUT2D eigenvalue weighted by molar-refractivity contribution is 5.82. The van der Waals surface area contributed by atoms with Crippen molar-refractivity contribution in [3.8, 4) is 0 Å². The van der Waals surface area contributed by atoms with Gasteiger partial charge in [0.25, 0.3) is 0 Å². The predicted molar refractivity (Wildman–Crippen MR) is 78.2 cm³/mol. The number of carbonyl (C=O) groups excluding carboxylic acids is 1. The fraction of sp³-hybridized carbons (Fsp3) is 0.812. The first-order valence-corrected chi connectivity index (χ1v) is 7.27. The van der Waals surface area contributed by atoms with Crippen molar-refractivity contribution in [3.05, 3.63) is 11.6 Å². The van der Waals surface area contributed by atoms with Crippen LogP contribution in [0.15, 0.2) is 11.6 Å². The zero-order chi connectivity index (χ0) is 15.3. The Bertz CT molecular complexity index is 355. The largest absolute Gasteiger partial charge is 0.463 e. The van der Waals surface area contributed by atoms with Crippen LogP contribution in [0.1, 0.15) is 40.5 Å². The van der Waals surface area contributed by atoms with Crippen LogP contribution in [-0.2, 0) is 19.0 Å². The molecule has 116 valence electrons. The number of ether oxygens (including phenoxy) is 3. The SMILES string of the molecule is CCOC(=O)/C=C(/C)[C@@H]1C[C@H](CC(OC)OC)C1(C)C. The van der Waals surface area contributed by atoms with Crippen molar-refractivity contribution in [3.63, 3.8) is 0 Å². The van der Waals surface area contributed by atoms with Crippen LogP contribution < -0.4 is 0 Å². The number of methoxy groups -OCH3 is 2. The Balaban J connectivity index is 2.62. The molecule has 0 aromatic rings. The Morgan fingerprint density at radius 2 is 1.95 bits per heavy atom. The normalized spacial score (nSPS) is 25.4. The van der Waals surface area contributed by atoms with Gasteiger partial charge in [0.05, 0.1) is 6.61 Å². The molecule has 1 aliphatic rings. The molecule has 4 heteroatoms. The topological polar surface area (TPSA) is 44.8 Å². The summed E-state index contributed by atoms with van der Waals surface area (Å²) >= 11 is 0. The molecule has 4 nitrogen and oxygen atoms in total. The number of hydrogen-bond donors (Lipinski definition) is 0. The molecule has 0 unspecified atom stereocenters. The Morgan fingerprint density at radius 1 is 1.35 bits per heavy atom. The van der Waals surface area contributed by atoms with E-state index in [2.05, 4.69) is 13.8 Å². The zero-order valence-electron chi connectivity index (χ0n) is 13.6. The molecule has 0 radical (unpaired) electrons. The summed E-state index contributed by atoms with van der Waals surface area (Å²) in [5.41, 5.74) is 1.26. The summed E-state index contributed by atoms with van der Waals surface area (Å²) < 4.78 is 15.5. The standard InChI is InChI=1S/C16H28O4/c1-7-20-14(17)8-11(2)13-9-12(16(13,3)4)10-15(18-5)19-6/h8,12-13,15H,7,9-10H2,1-6H3/b11-8-/t12-,13+/m1/s1. The van der Waals surface area contributed by atoms with Gasteiger partial charge in [-0.3, -0.25) is 0 Å². The molecule has 1 rings (SSSR count). The molecule has 0 saturated heterocycles. The lowest BCUT2D eigenvalue weighted by Crippen LogP contribution is -2.47. The van der Waals surface area contributed by atoms with Gasteiger partial charge in [-0.25, -0.2) is 4.79 Å². The molecule has 1 fully saturated rings. The molecule has 0 heterocycles. The third-order valence-corrected chi connectivity index (χ3v) is 4.66. The highest BCUT2D eigenvalue weighted by Crippen LogP contribution is 2.56. The van der Waals surface area contributed by atoms with Crippen molar-refractivity contribution < 1.29 is 19.0 Å². The maximum Gasteiger partial charge on any atom is 0.330 e. The molecule has 20 heavy (non-hydrogen) atoms. The van der Waals surface area contributed by atoms with Crippen molar-refractivity contribution in [2.24, 2.45) is 17.3 Å². The van der Waals surface area contributed by atoms with Gasteiger partial charge in [-0.2, -0.15) is 0 Å². The summed E-state index contributed by atoms with van der Waals surface area (Å²) in [4.78, 5) is 11.5. The minimum Gasteiger partial charge on any atom is -0.463 e. The van der Waals surface area contributed by atoms with Crippen LogP contribution in [0.5, 0.6) is 0 Å². The second kappa shape index (κ2) is 7.23. The van der Waals surface area contributed by atoms with E-state index in [1.165, 1.54) is 0 Å². The van der Waals surface area contributed by atoms with Crippen molar-refractivity contribution in [1.82, 2.24) is 0 Å². The van der Waals surface area contributed by atoms with Crippen molar-refractivity contribution in [2.45, 2.75) is 46.8 Å². The van der Waals surface area contributed by atoms with Crippen LogP contribution >= 0.6 is 0 Å². The third kappa shape index (κ3) is 3.83. The lowest BCUT2D eigenvalue weighted by atomic mass is 9.52. The first-order chi connectivity index (χ1) is 9.36. The average molecular weight is 284 g/mol. The first-order valence-electron chi connectivity index (χ1n) is 7.27. The van der Waals surface area contributed by atoms with E-state index in [-0.39, 0.29) is 17.7 Å². The second-order valence-electron chi connectivity index (χ2n) is 6.08. The fourth-order valence-corrected chi connectivity index (χ4v) is 3.18. The first kappa shape index (κ1) is 17.2. The molecular formula is C16H28O4. The number of allylic oxidation sites excluding steroid dienone is 1. The number of rotatable bonds is 7. The summed E-state index contributed by atoms with van der Waals surface area (Å²) in [6.45, 7) is 8.75. The van der Waals surface area contributed by atoms with E-state index in [4.69, 9.17) is 14.2 Å². The van der Waals surface area contributed by atoms with Gasteiger partial charge in [0.1, 0.15) is 0 Å². The summed E-state index contributed by atoms with van der Waals surface area (Å²) in [6, 6.07) is 0. The maximum absolute atomic E-state index is 11.5. The lowest BCUT2D eigenvalue weighted by molar-refractivity contribution is -0.143. The van der Waals surface area contributed by atoms with Gasteiger partial charge < -0.3 is 14.2 Å². The van der Waals surface area contributed by atoms with E-state index in [1.54, 1.807) is 20.3 Å². The molecule has 0 spiro atoms. The van der Waals surface area contributed by atoms with E-state index in [1.807, 2.05) is 13.8 Å². The Morgan fingerprint density at radius 3 is 2.40 bits per heavy atom. The zero-order valence-corrected chi connectivity index (χ0v) is 13.6. The van der Waals surface area contributed by atoms with E-state index in [9.17, 15) is 4.79 Å². The highest BCUT2D eigenvalue weighted by atomic mass is 16.7.